The SMILES string of the molecule is O=C(CN1C(=O)[C@@H]2[C@@H]3CC[C@@H](C3)[C@@H]2C1=O)N1CCN(Cc2ccccc2)CC1. The average Bonchev–Trinajstić information content (AvgIpc) is 3.39. The number of fused-ring (bicyclic) bond motifs is 5. The Labute approximate surface area is 165 Å². The highest BCUT2D eigenvalue weighted by atomic mass is 16.2. The average molecular weight is 381 g/mol. The van der Waals surface area contributed by atoms with Crippen molar-refractivity contribution in [2.75, 3.05) is 32.7 Å². The fourth-order valence-electron chi connectivity index (χ4n) is 5.86. The van der Waals surface area contributed by atoms with Gasteiger partial charge in [0.2, 0.25) is 17.7 Å². The molecule has 0 radical (unpaired) electrons. The molecule has 6 heteroatoms. The van der Waals surface area contributed by atoms with Crippen molar-refractivity contribution in [3.05, 3.63) is 35.9 Å². The maximum absolute atomic E-state index is 12.8. The Morgan fingerprint density at radius 1 is 0.893 bits per heavy atom. The van der Waals surface area contributed by atoms with Crippen molar-refractivity contribution in [1.29, 1.82) is 0 Å². The van der Waals surface area contributed by atoms with Crippen molar-refractivity contribution in [3.63, 3.8) is 0 Å². The van der Waals surface area contributed by atoms with Gasteiger partial charge in [-0.25, -0.2) is 0 Å². The first kappa shape index (κ1) is 17.9. The van der Waals surface area contributed by atoms with Gasteiger partial charge < -0.3 is 4.90 Å². The lowest BCUT2D eigenvalue weighted by molar-refractivity contribution is -0.147. The fraction of sp³-hybridized carbons (Fsp3) is 0.591. The van der Waals surface area contributed by atoms with Crippen LogP contribution in [-0.2, 0) is 20.9 Å². The molecule has 148 valence electrons. The zero-order valence-corrected chi connectivity index (χ0v) is 16.1. The van der Waals surface area contributed by atoms with Crippen LogP contribution < -0.4 is 0 Å². The van der Waals surface area contributed by atoms with Crippen LogP contribution in [0.3, 0.4) is 0 Å². The minimum absolute atomic E-state index is 0.0667. The number of nitrogens with zero attached hydrogens (tertiary/aromatic N) is 3. The van der Waals surface area contributed by atoms with Gasteiger partial charge in [-0.3, -0.25) is 24.2 Å². The highest BCUT2D eigenvalue weighted by molar-refractivity contribution is 6.08. The lowest BCUT2D eigenvalue weighted by Gasteiger charge is -2.35. The summed E-state index contributed by atoms with van der Waals surface area (Å²) in [6, 6.07) is 10.3. The molecule has 0 N–H and O–H groups in total. The summed E-state index contributed by atoms with van der Waals surface area (Å²) in [4.78, 5) is 43.8. The summed E-state index contributed by atoms with van der Waals surface area (Å²) >= 11 is 0. The summed E-state index contributed by atoms with van der Waals surface area (Å²) in [7, 11) is 0. The molecule has 2 bridgehead atoms. The van der Waals surface area contributed by atoms with E-state index in [4.69, 9.17) is 0 Å². The number of benzene rings is 1. The van der Waals surface area contributed by atoms with Gasteiger partial charge in [-0.2, -0.15) is 0 Å². The summed E-state index contributed by atoms with van der Waals surface area (Å²) in [6.45, 7) is 3.76. The second kappa shape index (κ2) is 6.99. The Morgan fingerprint density at radius 3 is 2.11 bits per heavy atom. The highest BCUT2D eigenvalue weighted by Gasteiger charge is 2.61. The Hall–Kier alpha value is -2.21. The van der Waals surface area contributed by atoms with Gasteiger partial charge in [-0.15, -0.1) is 0 Å². The van der Waals surface area contributed by atoms with Crippen LogP contribution in [0.5, 0.6) is 0 Å². The van der Waals surface area contributed by atoms with E-state index in [2.05, 4.69) is 17.0 Å². The third-order valence-corrected chi connectivity index (χ3v) is 7.29. The third kappa shape index (κ3) is 2.94. The van der Waals surface area contributed by atoms with Gasteiger partial charge in [0.25, 0.3) is 0 Å². The van der Waals surface area contributed by atoms with Crippen molar-refractivity contribution >= 4 is 17.7 Å². The molecular weight excluding hydrogens is 354 g/mol. The number of carbonyl (C=O) groups excluding carboxylic acids is 3. The van der Waals surface area contributed by atoms with E-state index >= 15 is 0 Å². The van der Waals surface area contributed by atoms with Crippen LogP contribution in [-0.4, -0.2) is 65.1 Å². The molecule has 6 nitrogen and oxygen atoms in total. The van der Waals surface area contributed by atoms with Crippen molar-refractivity contribution in [2.45, 2.75) is 25.8 Å². The lowest BCUT2D eigenvalue weighted by Crippen LogP contribution is -2.51. The van der Waals surface area contributed by atoms with Gasteiger partial charge in [0, 0.05) is 32.7 Å². The number of carbonyl (C=O) groups is 3. The van der Waals surface area contributed by atoms with Gasteiger partial charge in [-0.1, -0.05) is 30.3 Å². The van der Waals surface area contributed by atoms with E-state index in [1.54, 1.807) is 0 Å². The molecule has 5 rings (SSSR count). The van der Waals surface area contributed by atoms with E-state index in [9.17, 15) is 14.4 Å². The van der Waals surface area contributed by atoms with Crippen LogP contribution in [0, 0.1) is 23.7 Å². The van der Waals surface area contributed by atoms with E-state index < -0.39 is 0 Å². The summed E-state index contributed by atoms with van der Waals surface area (Å²) < 4.78 is 0. The predicted molar refractivity (Wildman–Crippen MR) is 103 cm³/mol. The first-order chi connectivity index (χ1) is 13.6. The predicted octanol–water partition coefficient (Wildman–Crippen LogP) is 1.36. The molecular formula is C22H27N3O3. The Balaban J connectivity index is 1.16. The van der Waals surface area contributed by atoms with Crippen LogP contribution in [0.15, 0.2) is 30.3 Å². The quantitative estimate of drug-likeness (QED) is 0.739. The fourth-order valence-corrected chi connectivity index (χ4v) is 5.86. The number of likely N-dealkylation sites (tertiary alicyclic amines) is 1. The normalized spacial score (nSPS) is 32.3. The Morgan fingerprint density at radius 2 is 1.50 bits per heavy atom. The van der Waals surface area contributed by atoms with E-state index in [1.807, 2.05) is 23.1 Å². The summed E-state index contributed by atoms with van der Waals surface area (Å²) in [5.41, 5.74) is 1.27. The number of amides is 3. The van der Waals surface area contributed by atoms with Gasteiger partial charge >= 0.3 is 0 Å². The van der Waals surface area contributed by atoms with Gasteiger partial charge in [0.1, 0.15) is 6.54 Å². The molecule has 2 aliphatic carbocycles. The molecule has 28 heavy (non-hydrogen) atoms. The van der Waals surface area contributed by atoms with Gasteiger partial charge in [0.15, 0.2) is 0 Å². The molecule has 4 aliphatic rings. The van der Waals surface area contributed by atoms with Crippen LogP contribution in [0.4, 0.5) is 0 Å². The lowest BCUT2D eigenvalue weighted by atomic mass is 9.81. The Bertz CT molecular complexity index is 759. The third-order valence-electron chi connectivity index (χ3n) is 7.29. The van der Waals surface area contributed by atoms with Crippen molar-refractivity contribution in [3.8, 4) is 0 Å². The molecule has 1 aromatic carbocycles. The zero-order chi connectivity index (χ0) is 19.3. The van der Waals surface area contributed by atoms with Crippen LogP contribution in [0.1, 0.15) is 24.8 Å². The number of hydrogen-bond acceptors (Lipinski definition) is 4. The van der Waals surface area contributed by atoms with Gasteiger partial charge in [-0.05, 0) is 36.7 Å². The van der Waals surface area contributed by atoms with Crippen molar-refractivity contribution in [1.82, 2.24) is 14.7 Å². The summed E-state index contributed by atoms with van der Waals surface area (Å²) in [5.74, 6) is 0.203. The van der Waals surface area contributed by atoms with Crippen LogP contribution in [0.25, 0.3) is 0 Å². The summed E-state index contributed by atoms with van der Waals surface area (Å²) in [6.07, 6.45) is 3.16. The maximum Gasteiger partial charge on any atom is 0.242 e. The molecule has 4 atom stereocenters. The molecule has 0 unspecified atom stereocenters. The monoisotopic (exact) mass is 381 g/mol. The number of piperazine rings is 1. The second-order valence-corrected chi connectivity index (χ2v) is 8.79. The number of rotatable bonds is 4. The first-order valence-corrected chi connectivity index (χ1v) is 10.5. The first-order valence-electron chi connectivity index (χ1n) is 10.5. The topological polar surface area (TPSA) is 60.9 Å². The molecule has 0 spiro atoms. The minimum atomic E-state index is -0.137. The van der Waals surface area contributed by atoms with E-state index in [1.165, 1.54) is 10.5 Å². The number of hydrogen-bond donors (Lipinski definition) is 0. The smallest absolute Gasteiger partial charge is 0.242 e. The summed E-state index contributed by atoms with van der Waals surface area (Å²) in [5, 5.41) is 0. The highest BCUT2D eigenvalue weighted by Crippen LogP contribution is 2.56. The molecule has 4 fully saturated rings. The molecule has 1 aromatic rings. The van der Waals surface area contributed by atoms with Crippen LogP contribution in [0.2, 0.25) is 0 Å². The van der Waals surface area contributed by atoms with E-state index in [-0.39, 0.29) is 36.1 Å². The van der Waals surface area contributed by atoms with Crippen molar-refractivity contribution in [2.24, 2.45) is 23.7 Å². The zero-order valence-electron chi connectivity index (χ0n) is 16.1. The van der Waals surface area contributed by atoms with Crippen LogP contribution >= 0.6 is 0 Å². The molecule has 2 saturated heterocycles. The minimum Gasteiger partial charge on any atom is -0.339 e. The van der Waals surface area contributed by atoms with E-state index in [0.29, 0.717) is 24.9 Å². The largest absolute Gasteiger partial charge is 0.339 e. The molecule has 2 saturated carbocycles. The maximum atomic E-state index is 12.8. The van der Waals surface area contributed by atoms with Crippen molar-refractivity contribution < 1.29 is 14.4 Å². The molecule has 3 amide bonds. The molecule has 0 aromatic heterocycles. The van der Waals surface area contributed by atoms with E-state index in [0.717, 1.165) is 38.9 Å². The molecule has 2 aliphatic heterocycles. The Kier molecular flexibility index (Phi) is 4.46. The standard InChI is InChI=1S/C22H27N3O3/c26-18(24-10-8-23(9-11-24)13-15-4-2-1-3-5-15)14-25-21(27)19-16-6-7-17(12-16)20(19)22(25)28/h1-5,16-17,19-20H,6-14H2/t16-,17+,19-,20+. The van der Waals surface area contributed by atoms with Gasteiger partial charge in [0.05, 0.1) is 11.8 Å². The second-order valence-electron chi connectivity index (χ2n) is 8.79. The molecule has 2 heterocycles. The number of imide groups is 1.